The number of aromatic nitrogens is 2. The van der Waals surface area contributed by atoms with Gasteiger partial charge in [-0.25, -0.2) is 0 Å². The van der Waals surface area contributed by atoms with Crippen LogP contribution in [0.15, 0.2) is 12.3 Å². The summed E-state index contributed by atoms with van der Waals surface area (Å²) in [6.45, 7) is 4.18. The summed E-state index contributed by atoms with van der Waals surface area (Å²) >= 11 is 0. The van der Waals surface area contributed by atoms with Gasteiger partial charge in [-0.2, -0.15) is 5.10 Å². The van der Waals surface area contributed by atoms with Crippen molar-refractivity contribution in [3.8, 4) is 0 Å². The van der Waals surface area contributed by atoms with Gasteiger partial charge < -0.3 is 5.32 Å². The van der Waals surface area contributed by atoms with E-state index in [4.69, 9.17) is 0 Å². The topological polar surface area (TPSA) is 29.9 Å². The Bertz CT molecular complexity index is 365. The summed E-state index contributed by atoms with van der Waals surface area (Å²) < 4.78 is 1.97. The maximum atomic E-state index is 4.45. The van der Waals surface area contributed by atoms with Crippen LogP contribution >= 0.6 is 0 Å². The molecule has 1 N–H and O–H groups in total. The molecule has 16 heavy (non-hydrogen) atoms. The zero-order valence-corrected chi connectivity index (χ0v) is 10.1. The van der Waals surface area contributed by atoms with Gasteiger partial charge in [0.1, 0.15) is 5.82 Å². The third-order valence-electron chi connectivity index (χ3n) is 4.30. The van der Waals surface area contributed by atoms with E-state index in [1.165, 1.54) is 32.1 Å². The van der Waals surface area contributed by atoms with Crippen LogP contribution in [-0.4, -0.2) is 16.3 Å². The predicted molar refractivity (Wildman–Crippen MR) is 65.4 cm³/mol. The molecule has 3 rings (SSSR count). The molecule has 3 heteroatoms. The molecule has 0 bridgehead atoms. The van der Waals surface area contributed by atoms with Crippen molar-refractivity contribution in [2.75, 3.05) is 11.9 Å². The highest BCUT2D eigenvalue weighted by Gasteiger charge is 2.47. The van der Waals surface area contributed by atoms with Crippen molar-refractivity contribution in [1.82, 2.24) is 9.78 Å². The molecule has 1 aromatic heterocycles. The molecular formula is C13H21N3. The van der Waals surface area contributed by atoms with Crippen LogP contribution in [-0.2, 0) is 6.54 Å². The van der Waals surface area contributed by atoms with Gasteiger partial charge in [0.25, 0.3) is 0 Å². The fourth-order valence-corrected chi connectivity index (χ4v) is 3.01. The SMILES string of the molecule is CCn1ccc(NCC2CCC3(CC3)C2)n1. The summed E-state index contributed by atoms with van der Waals surface area (Å²) in [7, 11) is 0. The van der Waals surface area contributed by atoms with E-state index in [1.54, 1.807) is 0 Å². The average molecular weight is 219 g/mol. The second-order valence-electron chi connectivity index (χ2n) is 5.55. The van der Waals surface area contributed by atoms with Crippen LogP contribution in [0.25, 0.3) is 0 Å². The number of anilines is 1. The smallest absolute Gasteiger partial charge is 0.147 e. The lowest BCUT2D eigenvalue weighted by Crippen LogP contribution is -2.12. The number of nitrogens with one attached hydrogen (secondary N) is 1. The molecule has 1 unspecified atom stereocenters. The van der Waals surface area contributed by atoms with E-state index in [1.807, 2.05) is 10.9 Å². The van der Waals surface area contributed by atoms with Crippen LogP contribution in [0.5, 0.6) is 0 Å². The lowest BCUT2D eigenvalue weighted by Gasteiger charge is -2.10. The third kappa shape index (κ3) is 1.95. The molecule has 3 nitrogen and oxygen atoms in total. The molecule has 0 aromatic carbocycles. The van der Waals surface area contributed by atoms with Crippen LogP contribution in [0.3, 0.4) is 0 Å². The van der Waals surface area contributed by atoms with E-state index in [-0.39, 0.29) is 0 Å². The van der Waals surface area contributed by atoms with Gasteiger partial charge >= 0.3 is 0 Å². The maximum absolute atomic E-state index is 4.45. The largest absolute Gasteiger partial charge is 0.368 e. The van der Waals surface area contributed by atoms with Crippen LogP contribution < -0.4 is 5.32 Å². The molecule has 0 amide bonds. The first-order valence-electron chi connectivity index (χ1n) is 6.57. The highest BCUT2D eigenvalue weighted by Crippen LogP contribution is 2.59. The molecule has 0 aliphatic heterocycles. The van der Waals surface area contributed by atoms with E-state index in [0.29, 0.717) is 0 Å². The van der Waals surface area contributed by atoms with Gasteiger partial charge in [0, 0.05) is 25.4 Å². The van der Waals surface area contributed by atoms with Gasteiger partial charge in [0.2, 0.25) is 0 Å². The Balaban J connectivity index is 1.49. The Kier molecular flexibility index (Phi) is 2.41. The first-order valence-corrected chi connectivity index (χ1v) is 6.57. The first-order chi connectivity index (χ1) is 7.80. The fraction of sp³-hybridized carbons (Fsp3) is 0.769. The Morgan fingerprint density at radius 2 is 2.38 bits per heavy atom. The minimum Gasteiger partial charge on any atom is -0.368 e. The number of aryl methyl sites for hydroxylation is 1. The Morgan fingerprint density at radius 1 is 1.50 bits per heavy atom. The van der Waals surface area contributed by atoms with Crippen molar-refractivity contribution in [2.24, 2.45) is 11.3 Å². The van der Waals surface area contributed by atoms with Gasteiger partial charge in [-0.3, -0.25) is 4.68 Å². The van der Waals surface area contributed by atoms with Crippen LogP contribution in [0, 0.1) is 11.3 Å². The van der Waals surface area contributed by atoms with Gasteiger partial charge in [-0.05, 0) is 50.4 Å². The van der Waals surface area contributed by atoms with E-state index in [2.05, 4.69) is 23.4 Å². The zero-order valence-electron chi connectivity index (χ0n) is 10.1. The number of nitrogens with zero attached hydrogens (tertiary/aromatic N) is 2. The van der Waals surface area contributed by atoms with Gasteiger partial charge in [0.15, 0.2) is 0 Å². The van der Waals surface area contributed by atoms with Gasteiger partial charge in [0.05, 0.1) is 0 Å². The lowest BCUT2D eigenvalue weighted by molar-refractivity contribution is 0.491. The van der Waals surface area contributed by atoms with Crippen molar-refractivity contribution >= 4 is 5.82 Å². The van der Waals surface area contributed by atoms with E-state index < -0.39 is 0 Å². The molecule has 1 spiro atoms. The van der Waals surface area contributed by atoms with Gasteiger partial charge in [-0.1, -0.05) is 0 Å². The second kappa shape index (κ2) is 3.79. The minimum absolute atomic E-state index is 0.801. The predicted octanol–water partition coefficient (Wildman–Crippen LogP) is 2.90. The van der Waals surface area contributed by atoms with Crippen molar-refractivity contribution in [3.05, 3.63) is 12.3 Å². The van der Waals surface area contributed by atoms with Crippen molar-refractivity contribution in [2.45, 2.75) is 45.6 Å². The molecule has 2 fully saturated rings. The van der Waals surface area contributed by atoms with E-state index >= 15 is 0 Å². The summed E-state index contributed by atoms with van der Waals surface area (Å²) in [5.74, 6) is 1.92. The maximum Gasteiger partial charge on any atom is 0.147 e. The van der Waals surface area contributed by atoms with Crippen molar-refractivity contribution in [3.63, 3.8) is 0 Å². The van der Waals surface area contributed by atoms with E-state index in [9.17, 15) is 0 Å². The fourth-order valence-electron chi connectivity index (χ4n) is 3.01. The standard InChI is InChI=1S/C13H21N3/c1-2-16-8-4-12(15-16)14-10-11-3-5-13(9-11)6-7-13/h4,8,11H,2-3,5-7,9-10H2,1H3,(H,14,15). The third-order valence-corrected chi connectivity index (χ3v) is 4.30. The molecule has 2 saturated carbocycles. The molecule has 0 saturated heterocycles. The zero-order chi connectivity index (χ0) is 11.0. The number of hydrogen-bond acceptors (Lipinski definition) is 2. The molecule has 1 aromatic rings. The molecule has 1 atom stereocenters. The highest BCUT2D eigenvalue weighted by atomic mass is 15.3. The molecule has 88 valence electrons. The quantitative estimate of drug-likeness (QED) is 0.844. The monoisotopic (exact) mass is 219 g/mol. The molecule has 0 radical (unpaired) electrons. The summed E-state index contributed by atoms with van der Waals surface area (Å²) in [6, 6.07) is 2.07. The summed E-state index contributed by atoms with van der Waals surface area (Å²) in [4.78, 5) is 0. The summed E-state index contributed by atoms with van der Waals surface area (Å²) in [5.41, 5.74) is 0.801. The van der Waals surface area contributed by atoms with Gasteiger partial charge in [-0.15, -0.1) is 0 Å². The molecule has 1 heterocycles. The Hall–Kier alpha value is -0.990. The van der Waals surface area contributed by atoms with Crippen LogP contribution in [0.1, 0.15) is 39.0 Å². The number of rotatable bonds is 4. The number of hydrogen-bond donors (Lipinski definition) is 1. The van der Waals surface area contributed by atoms with E-state index in [0.717, 1.165) is 30.2 Å². The Labute approximate surface area is 97.2 Å². The second-order valence-corrected chi connectivity index (χ2v) is 5.55. The molecule has 2 aliphatic carbocycles. The van der Waals surface area contributed by atoms with Crippen LogP contribution in [0.2, 0.25) is 0 Å². The Morgan fingerprint density at radius 3 is 3.00 bits per heavy atom. The van der Waals surface area contributed by atoms with Crippen LogP contribution in [0.4, 0.5) is 5.82 Å². The molecular weight excluding hydrogens is 198 g/mol. The molecule has 2 aliphatic rings. The average Bonchev–Trinajstić information content (AvgIpc) is 2.76. The summed E-state index contributed by atoms with van der Waals surface area (Å²) in [5, 5.41) is 7.92. The summed E-state index contributed by atoms with van der Waals surface area (Å²) in [6.07, 6.45) is 9.38. The highest BCUT2D eigenvalue weighted by molar-refractivity contribution is 5.32. The normalized spacial score (nSPS) is 26.2. The first kappa shape index (κ1) is 10.2. The van der Waals surface area contributed by atoms with Crippen molar-refractivity contribution in [1.29, 1.82) is 0 Å². The lowest BCUT2D eigenvalue weighted by atomic mass is 10.0. The minimum atomic E-state index is 0.801. The van der Waals surface area contributed by atoms with Crippen molar-refractivity contribution < 1.29 is 0 Å².